The van der Waals surface area contributed by atoms with Crippen LogP contribution in [-0.4, -0.2) is 36.1 Å². The highest BCUT2D eigenvalue weighted by atomic mass is 35.5. The Hall–Kier alpha value is -1.06. The summed E-state index contributed by atoms with van der Waals surface area (Å²) in [6, 6.07) is 5.32. The number of unbranched alkanes of at least 4 members (excludes halogenated alkanes) is 2. The third-order valence-corrected chi connectivity index (χ3v) is 3.33. The van der Waals surface area contributed by atoms with E-state index < -0.39 is 0 Å². The summed E-state index contributed by atoms with van der Waals surface area (Å²) in [6.45, 7) is 2.81. The number of carbonyl (C=O) groups excluding carboxylic acids is 1. The van der Waals surface area contributed by atoms with E-state index in [9.17, 15) is 4.79 Å². The van der Waals surface area contributed by atoms with Crippen LogP contribution in [0.25, 0.3) is 0 Å². The molecular weight excluding hydrogens is 250 g/mol. The fourth-order valence-corrected chi connectivity index (χ4v) is 1.85. The molecule has 0 radical (unpaired) electrons. The Labute approximate surface area is 113 Å². The molecule has 0 spiro atoms. The van der Waals surface area contributed by atoms with Crippen molar-refractivity contribution in [2.24, 2.45) is 0 Å². The molecule has 1 amide bonds. The topological polar surface area (TPSA) is 40.5 Å². The normalized spacial score (nSPS) is 10.4. The lowest BCUT2D eigenvalue weighted by molar-refractivity contribution is 0.0792. The number of hydrogen-bond donors (Lipinski definition) is 1. The minimum Gasteiger partial charge on any atom is -0.396 e. The van der Waals surface area contributed by atoms with Gasteiger partial charge in [0.1, 0.15) is 0 Å². The van der Waals surface area contributed by atoms with E-state index in [1.54, 1.807) is 24.1 Å². The monoisotopic (exact) mass is 269 g/mol. The third kappa shape index (κ3) is 4.31. The number of aryl methyl sites for hydroxylation is 1. The highest BCUT2D eigenvalue weighted by Gasteiger charge is 2.11. The molecule has 0 atom stereocenters. The van der Waals surface area contributed by atoms with Crippen LogP contribution in [-0.2, 0) is 0 Å². The summed E-state index contributed by atoms with van der Waals surface area (Å²) in [7, 11) is 1.80. The van der Waals surface area contributed by atoms with Gasteiger partial charge in [-0.15, -0.1) is 0 Å². The van der Waals surface area contributed by atoms with E-state index in [0.717, 1.165) is 24.8 Å². The summed E-state index contributed by atoms with van der Waals surface area (Å²) in [5.74, 6) is 0.0127. The van der Waals surface area contributed by atoms with Crippen LogP contribution < -0.4 is 0 Å². The Morgan fingerprint density at radius 3 is 2.67 bits per heavy atom. The summed E-state index contributed by atoms with van der Waals surface area (Å²) < 4.78 is 0. The highest BCUT2D eigenvalue weighted by Crippen LogP contribution is 2.17. The van der Waals surface area contributed by atoms with Gasteiger partial charge in [0, 0.05) is 30.8 Å². The van der Waals surface area contributed by atoms with Crippen LogP contribution in [0, 0.1) is 6.92 Å². The molecule has 0 unspecified atom stereocenters. The standard InChI is InChI=1S/C14H20ClNO2/c1-11-10-12(6-7-13(11)15)14(18)16(2)8-4-3-5-9-17/h6-7,10,17H,3-5,8-9H2,1-2H3. The molecule has 0 saturated carbocycles. The molecule has 1 rings (SSSR count). The van der Waals surface area contributed by atoms with Gasteiger partial charge in [0.25, 0.3) is 5.91 Å². The predicted octanol–water partition coefficient (Wildman–Crippen LogP) is 2.88. The van der Waals surface area contributed by atoms with Gasteiger partial charge in [-0.2, -0.15) is 0 Å². The molecule has 100 valence electrons. The lowest BCUT2D eigenvalue weighted by Crippen LogP contribution is -2.27. The van der Waals surface area contributed by atoms with Crippen molar-refractivity contribution in [3.05, 3.63) is 34.3 Å². The van der Waals surface area contributed by atoms with Gasteiger partial charge in [0.05, 0.1) is 0 Å². The van der Waals surface area contributed by atoms with E-state index >= 15 is 0 Å². The first-order valence-electron chi connectivity index (χ1n) is 6.18. The summed E-state index contributed by atoms with van der Waals surface area (Å²) in [5.41, 5.74) is 1.58. The predicted molar refractivity (Wildman–Crippen MR) is 74.1 cm³/mol. The number of hydrogen-bond acceptors (Lipinski definition) is 2. The maximum Gasteiger partial charge on any atom is 0.253 e. The van der Waals surface area contributed by atoms with Gasteiger partial charge >= 0.3 is 0 Å². The summed E-state index contributed by atoms with van der Waals surface area (Å²) >= 11 is 5.93. The molecule has 1 aromatic carbocycles. The SMILES string of the molecule is Cc1cc(C(=O)N(C)CCCCCO)ccc1Cl. The summed E-state index contributed by atoms with van der Waals surface area (Å²) in [4.78, 5) is 13.8. The smallest absolute Gasteiger partial charge is 0.253 e. The van der Waals surface area contributed by atoms with E-state index in [2.05, 4.69) is 0 Å². The number of aliphatic hydroxyl groups excluding tert-OH is 1. The van der Waals surface area contributed by atoms with Crippen molar-refractivity contribution < 1.29 is 9.90 Å². The van der Waals surface area contributed by atoms with E-state index in [1.165, 1.54) is 0 Å². The number of rotatable bonds is 6. The van der Waals surface area contributed by atoms with Gasteiger partial charge in [-0.3, -0.25) is 4.79 Å². The maximum absolute atomic E-state index is 12.1. The molecule has 1 N–H and O–H groups in total. The highest BCUT2D eigenvalue weighted by molar-refractivity contribution is 6.31. The van der Waals surface area contributed by atoms with Crippen molar-refractivity contribution in [2.75, 3.05) is 20.2 Å². The largest absolute Gasteiger partial charge is 0.396 e. The van der Waals surface area contributed by atoms with Gasteiger partial charge in [-0.05, 0) is 49.9 Å². The van der Waals surface area contributed by atoms with Crippen LogP contribution in [0.2, 0.25) is 5.02 Å². The van der Waals surface area contributed by atoms with Gasteiger partial charge < -0.3 is 10.0 Å². The lowest BCUT2D eigenvalue weighted by Gasteiger charge is -2.17. The van der Waals surface area contributed by atoms with Crippen LogP contribution in [0.1, 0.15) is 35.2 Å². The van der Waals surface area contributed by atoms with Crippen molar-refractivity contribution >= 4 is 17.5 Å². The summed E-state index contributed by atoms with van der Waals surface area (Å²) in [6.07, 6.45) is 2.64. The molecule has 0 aliphatic heterocycles. The van der Waals surface area contributed by atoms with Gasteiger partial charge in [-0.25, -0.2) is 0 Å². The quantitative estimate of drug-likeness (QED) is 0.807. The molecule has 0 aliphatic rings. The molecule has 18 heavy (non-hydrogen) atoms. The molecule has 0 bridgehead atoms. The zero-order valence-corrected chi connectivity index (χ0v) is 11.7. The molecule has 0 aliphatic carbocycles. The Bertz CT molecular complexity index is 407. The Morgan fingerprint density at radius 2 is 2.06 bits per heavy atom. The molecule has 4 heteroatoms. The zero-order chi connectivity index (χ0) is 13.5. The number of halogens is 1. The molecule has 3 nitrogen and oxygen atoms in total. The number of carbonyl (C=O) groups is 1. The lowest BCUT2D eigenvalue weighted by atomic mass is 10.1. The fraction of sp³-hybridized carbons (Fsp3) is 0.500. The Morgan fingerprint density at radius 1 is 1.33 bits per heavy atom. The number of amides is 1. The molecule has 0 aromatic heterocycles. The Kier molecular flexibility index (Phi) is 6.16. The van der Waals surface area contributed by atoms with Crippen molar-refractivity contribution in [3.8, 4) is 0 Å². The second-order valence-corrected chi connectivity index (χ2v) is 4.88. The third-order valence-electron chi connectivity index (χ3n) is 2.90. The molecular formula is C14H20ClNO2. The second-order valence-electron chi connectivity index (χ2n) is 4.47. The molecule has 0 fully saturated rings. The first-order valence-corrected chi connectivity index (χ1v) is 6.56. The van der Waals surface area contributed by atoms with Crippen LogP contribution in [0.15, 0.2) is 18.2 Å². The number of benzene rings is 1. The Balaban J connectivity index is 2.54. The van der Waals surface area contributed by atoms with E-state index in [4.69, 9.17) is 16.7 Å². The van der Waals surface area contributed by atoms with Crippen molar-refractivity contribution in [1.82, 2.24) is 4.90 Å². The fourth-order valence-electron chi connectivity index (χ4n) is 1.74. The van der Waals surface area contributed by atoms with Gasteiger partial charge in [-0.1, -0.05) is 11.6 Å². The minimum absolute atomic E-state index is 0.0127. The van der Waals surface area contributed by atoms with E-state index in [-0.39, 0.29) is 12.5 Å². The van der Waals surface area contributed by atoms with E-state index in [0.29, 0.717) is 17.1 Å². The average Bonchev–Trinajstić information content (AvgIpc) is 2.37. The van der Waals surface area contributed by atoms with Crippen LogP contribution in [0.5, 0.6) is 0 Å². The first-order chi connectivity index (χ1) is 8.56. The second kappa shape index (κ2) is 7.39. The molecule has 0 heterocycles. The van der Waals surface area contributed by atoms with Crippen molar-refractivity contribution in [2.45, 2.75) is 26.2 Å². The van der Waals surface area contributed by atoms with Crippen molar-refractivity contribution in [1.29, 1.82) is 0 Å². The zero-order valence-electron chi connectivity index (χ0n) is 10.9. The van der Waals surface area contributed by atoms with Gasteiger partial charge in [0.15, 0.2) is 0 Å². The van der Waals surface area contributed by atoms with Crippen molar-refractivity contribution in [3.63, 3.8) is 0 Å². The van der Waals surface area contributed by atoms with Crippen LogP contribution >= 0.6 is 11.6 Å². The molecule has 0 saturated heterocycles. The van der Waals surface area contributed by atoms with Crippen LogP contribution in [0.4, 0.5) is 0 Å². The van der Waals surface area contributed by atoms with Gasteiger partial charge in [0.2, 0.25) is 0 Å². The maximum atomic E-state index is 12.1. The number of nitrogens with zero attached hydrogens (tertiary/aromatic N) is 1. The summed E-state index contributed by atoms with van der Waals surface area (Å²) in [5, 5.41) is 9.36. The minimum atomic E-state index is 0.0127. The number of aliphatic hydroxyl groups is 1. The average molecular weight is 270 g/mol. The van der Waals surface area contributed by atoms with E-state index in [1.807, 2.05) is 13.0 Å². The first kappa shape index (κ1) is 15.0. The molecule has 1 aromatic rings. The van der Waals surface area contributed by atoms with Crippen LogP contribution in [0.3, 0.4) is 0 Å².